The number of nitrogens with two attached hydrogens (primary N) is 1. The number of nitrogens with zero attached hydrogens (tertiary/aromatic N) is 1. The highest BCUT2D eigenvalue weighted by Crippen LogP contribution is 2.25. The molecular formula is C19H17N3O3S. The molecule has 0 unspecified atom stereocenters. The second kappa shape index (κ2) is 7.44. The summed E-state index contributed by atoms with van der Waals surface area (Å²) >= 11 is 0. The molecule has 0 atom stereocenters. The van der Waals surface area contributed by atoms with Crippen LogP contribution in [-0.2, 0) is 10.0 Å². The van der Waals surface area contributed by atoms with Gasteiger partial charge in [0.05, 0.1) is 16.1 Å². The van der Waals surface area contributed by atoms with Crippen LogP contribution in [0.1, 0.15) is 5.56 Å². The molecular weight excluding hydrogens is 350 g/mol. The van der Waals surface area contributed by atoms with E-state index in [2.05, 4.69) is 5.32 Å². The van der Waals surface area contributed by atoms with Crippen LogP contribution in [0.4, 0.5) is 5.69 Å². The standard InChI is InChI=1S/C19H17N3O3S/c20-13-15-12-16(26(21,23)24)8-9-18(15)22-10-11-25-19-7-3-5-14-4-1-2-6-17(14)19/h1-9,12,22H,10-11H2,(H2,21,23,24). The average Bonchev–Trinajstić information content (AvgIpc) is 2.64. The van der Waals surface area contributed by atoms with E-state index in [0.29, 0.717) is 18.8 Å². The van der Waals surface area contributed by atoms with Gasteiger partial charge in [0.1, 0.15) is 18.4 Å². The number of fused-ring (bicyclic) bond motifs is 1. The molecule has 0 fully saturated rings. The largest absolute Gasteiger partial charge is 0.491 e. The molecule has 3 N–H and O–H groups in total. The number of nitriles is 1. The first-order valence-electron chi connectivity index (χ1n) is 7.90. The minimum absolute atomic E-state index is 0.0911. The third kappa shape index (κ3) is 3.94. The van der Waals surface area contributed by atoms with Gasteiger partial charge in [-0.2, -0.15) is 5.26 Å². The van der Waals surface area contributed by atoms with E-state index < -0.39 is 10.0 Å². The number of hydrogen-bond donors (Lipinski definition) is 2. The zero-order valence-electron chi connectivity index (χ0n) is 13.8. The Morgan fingerprint density at radius 3 is 2.62 bits per heavy atom. The molecule has 0 bridgehead atoms. The van der Waals surface area contributed by atoms with Gasteiger partial charge < -0.3 is 10.1 Å². The first-order chi connectivity index (χ1) is 12.5. The minimum Gasteiger partial charge on any atom is -0.491 e. The second-order valence-corrected chi connectivity index (χ2v) is 7.18. The lowest BCUT2D eigenvalue weighted by Crippen LogP contribution is -2.14. The summed E-state index contributed by atoms with van der Waals surface area (Å²) in [6.07, 6.45) is 0. The van der Waals surface area contributed by atoms with Crippen molar-refractivity contribution < 1.29 is 13.2 Å². The van der Waals surface area contributed by atoms with Crippen molar-refractivity contribution in [2.45, 2.75) is 4.90 Å². The Morgan fingerprint density at radius 2 is 1.85 bits per heavy atom. The van der Waals surface area contributed by atoms with Crippen molar-refractivity contribution in [2.75, 3.05) is 18.5 Å². The summed E-state index contributed by atoms with van der Waals surface area (Å²) in [5.74, 6) is 0.787. The smallest absolute Gasteiger partial charge is 0.238 e. The Kier molecular flexibility index (Phi) is 5.07. The van der Waals surface area contributed by atoms with Gasteiger partial charge in [-0.25, -0.2) is 13.6 Å². The highest BCUT2D eigenvalue weighted by molar-refractivity contribution is 7.89. The van der Waals surface area contributed by atoms with Crippen LogP contribution in [0.25, 0.3) is 10.8 Å². The maximum absolute atomic E-state index is 11.4. The molecule has 7 heteroatoms. The second-order valence-electron chi connectivity index (χ2n) is 5.62. The summed E-state index contributed by atoms with van der Waals surface area (Å²) < 4.78 is 28.6. The van der Waals surface area contributed by atoms with E-state index in [0.717, 1.165) is 16.5 Å². The van der Waals surface area contributed by atoms with Gasteiger partial charge in [-0.15, -0.1) is 0 Å². The lowest BCUT2D eigenvalue weighted by Gasteiger charge is -2.12. The van der Waals surface area contributed by atoms with Crippen molar-refractivity contribution in [3.8, 4) is 11.8 Å². The lowest BCUT2D eigenvalue weighted by atomic mass is 10.1. The van der Waals surface area contributed by atoms with Gasteiger partial charge in [0.25, 0.3) is 0 Å². The Morgan fingerprint density at radius 1 is 1.08 bits per heavy atom. The molecule has 0 amide bonds. The molecule has 0 aliphatic carbocycles. The van der Waals surface area contributed by atoms with Gasteiger partial charge >= 0.3 is 0 Å². The van der Waals surface area contributed by atoms with Crippen LogP contribution in [0.5, 0.6) is 5.75 Å². The highest BCUT2D eigenvalue weighted by atomic mass is 32.2. The van der Waals surface area contributed by atoms with E-state index >= 15 is 0 Å². The van der Waals surface area contributed by atoms with Gasteiger partial charge in [-0.1, -0.05) is 36.4 Å². The molecule has 132 valence electrons. The summed E-state index contributed by atoms with van der Waals surface area (Å²) in [4.78, 5) is -0.0911. The van der Waals surface area contributed by atoms with Crippen LogP contribution in [0.2, 0.25) is 0 Å². The third-order valence-corrected chi connectivity index (χ3v) is 4.78. The third-order valence-electron chi connectivity index (χ3n) is 3.86. The summed E-state index contributed by atoms with van der Waals surface area (Å²) in [7, 11) is -3.84. The fraction of sp³-hybridized carbons (Fsp3) is 0.105. The molecule has 0 radical (unpaired) electrons. The number of benzene rings is 3. The monoisotopic (exact) mass is 367 g/mol. The molecule has 0 aliphatic rings. The molecule has 0 aromatic heterocycles. The number of nitrogens with one attached hydrogen (secondary N) is 1. The number of primary sulfonamides is 1. The Balaban J connectivity index is 1.66. The molecule has 0 saturated carbocycles. The Bertz CT molecular complexity index is 1080. The van der Waals surface area contributed by atoms with Crippen LogP contribution in [-0.4, -0.2) is 21.6 Å². The predicted molar refractivity (Wildman–Crippen MR) is 100 cm³/mol. The Hall–Kier alpha value is -3.08. The van der Waals surface area contributed by atoms with E-state index in [4.69, 9.17) is 9.88 Å². The maximum atomic E-state index is 11.4. The molecule has 6 nitrogen and oxygen atoms in total. The summed E-state index contributed by atoms with van der Waals surface area (Å²) in [6, 6.07) is 19.9. The topological polar surface area (TPSA) is 105 Å². The number of hydrogen-bond acceptors (Lipinski definition) is 5. The molecule has 3 aromatic rings. The van der Waals surface area contributed by atoms with Crippen LogP contribution >= 0.6 is 0 Å². The number of ether oxygens (including phenoxy) is 1. The zero-order valence-corrected chi connectivity index (χ0v) is 14.7. The van der Waals surface area contributed by atoms with Crippen LogP contribution < -0.4 is 15.2 Å². The van der Waals surface area contributed by atoms with Gasteiger partial charge in [-0.3, -0.25) is 0 Å². The van der Waals surface area contributed by atoms with E-state index in [-0.39, 0.29) is 10.5 Å². The SMILES string of the molecule is N#Cc1cc(S(N)(=O)=O)ccc1NCCOc1cccc2ccccc12. The normalized spacial score (nSPS) is 11.1. The quantitative estimate of drug-likeness (QED) is 0.652. The lowest BCUT2D eigenvalue weighted by molar-refractivity contribution is 0.337. The average molecular weight is 367 g/mol. The van der Waals surface area contributed by atoms with Crippen molar-refractivity contribution in [3.63, 3.8) is 0 Å². The summed E-state index contributed by atoms with van der Waals surface area (Å²) in [6.45, 7) is 0.836. The van der Waals surface area contributed by atoms with E-state index in [1.54, 1.807) is 0 Å². The fourth-order valence-corrected chi connectivity index (χ4v) is 3.16. The molecule has 0 heterocycles. The van der Waals surface area contributed by atoms with Gasteiger partial charge in [-0.05, 0) is 29.7 Å². The molecule has 0 aliphatic heterocycles. The van der Waals surface area contributed by atoms with Gasteiger partial charge in [0, 0.05) is 11.9 Å². The van der Waals surface area contributed by atoms with Crippen LogP contribution in [0, 0.1) is 11.3 Å². The number of sulfonamides is 1. The summed E-state index contributed by atoms with van der Waals surface area (Å²) in [5, 5.41) is 19.5. The maximum Gasteiger partial charge on any atom is 0.238 e. The molecule has 26 heavy (non-hydrogen) atoms. The first-order valence-corrected chi connectivity index (χ1v) is 9.45. The van der Waals surface area contributed by atoms with Crippen molar-refractivity contribution >= 4 is 26.5 Å². The Labute approximate surface area is 151 Å². The van der Waals surface area contributed by atoms with Crippen molar-refractivity contribution in [1.82, 2.24) is 0 Å². The molecule has 3 aromatic carbocycles. The summed E-state index contributed by atoms with van der Waals surface area (Å²) in [5.41, 5.74) is 0.739. The van der Waals surface area contributed by atoms with E-state index in [1.165, 1.54) is 18.2 Å². The van der Waals surface area contributed by atoms with Crippen LogP contribution in [0.3, 0.4) is 0 Å². The van der Waals surface area contributed by atoms with Crippen molar-refractivity contribution in [3.05, 3.63) is 66.2 Å². The van der Waals surface area contributed by atoms with E-state index in [1.807, 2.05) is 48.5 Å². The first kappa shape index (κ1) is 17.7. The fourth-order valence-electron chi connectivity index (χ4n) is 2.62. The number of anilines is 1. The van der Waals surface area contributed by atoms with Crippen molar-refractivity contribution in [2.24, 2.45) is 5.14 Å². The number of rotatable bonds is 6. The highest BCUT2D eigenvalue weighted by Gasteiger charge is 2.11. The predicted octanol–water partition coefficient (Wildman–Crippen LogP) is 2.85. The molecule has 0 saturated heterocycles. The zero-order chi connectivity index (χ0) is 18.6. The molecule has 0 spiro atoms. The van der Waals surface area contributed by atoms with Crippen LogP contribution in [0.15, 0.2) is 65.6 Å². The van der Waals surface area contributed by atoms with Crippen molar-refractivity contribution in [1.29, 1.82) is 5.26 Å². The van der Waals surface area contributed by atoms with E-state index in [9.17, 15) is 13.7 Å². The minimum atomic E-state index is -3.84. The molecule has 3 rings (SSSR count). The van der Waals surface area contributed by atoms with Gasteiger partial charge in [0.2, 0.25) is 10.0 Å². The van der Waals surface area contributed by atoms with Gasteiger partial charge in [0.15, 0.2) is 0 Å².